The van der Waals surface area contributed by atoms with E-state index in [9.17, 15) is 8.42 Å². The first kappa shape index (κ1) is 12.1. The molecule has 0 aromatic heterocycles. The van der Waals surface area contributed by atoms with E-state index >= 15 is 0 Å². The summed E-state index contributed by atoms with van der Waals surface area (Å²) in [6.45, 7) is 6.82. The molecule has 0 amide bonds. The highest BCUT2D eigenvalue weighted by Gasteiger charge is 2.38. The summed E-state index contributed by atoms with van der Waals surface area (Å²) in [6, 6.07) is 0.476. The molecular weight excluding hydrogens is 222 g/mol. The van der Waals surface area contributed by atoms with Crippen molar-refractivity contribution >= 4 is 9.84 Å². The summed E-state index contributed by atoms with van der Waals surface area (Å²) >= 11 is 0. The van der Waals surface area contributed by atoms with Gasteiger partial charge in [0.25, 0.3) is 0 Å². The monoisotopic (exact) mass is 243 g/mol. The van der Waals surface area contributed by atoms with Crippen LogP contribution in [0.25, 0.3) is 0 Å². The zero-order valence-electron chi connectivity index (χ0n) is 10.2. The summed E-state index contributed by atoms with van der Waals surface area (Å²) in [4.78, 5) is 0. The van der Waals surface area contributed by atoms with Gasteiger partial charge in [0.15, 0.2) is 9.84 Å². The van der Waals surface area contributed by atoms with Gasteiger partial charge in [-0.25, -0.2) is 8.42 Å². The van der Waals surface area contributed by atoms with Crippen molar-refractivity contribution in [1.29, 1.82) is 0 Å². The van der Waals surface area contributed by atoms with Gasteiger partial charge in [0.2, 0.25) is 0 Å². The molecule has 0 aromatic rings. The molecule has 3 unspecified atom stereocenters. The van der Waals surface area contributed by atoms with E-state index in [0.717, 1.165) is 6.42 Å². The Morgan fingerprint density at radius 1 is 1.31 bits per heavy atom. The molecule has 0 bridgehead atoms. The Bertz CT molecular complexity index is 397. The Balaban J connectivity index is 1.95. The molecule has 2 aliphatic rings. The fourth-order valence-corrected chi connectivity index (χ4v) is 4.32. The molecule has 1 aliphatic carbocycles. The van der Waals surface area contributed by atoms with E-state index in [2.05, 4.69) is 26.1 Å². The van der Waals surface area contributed by atoms with Crippen molar-refractivity contribution in [2.45, 2.75) is 45.7 Å². The zero-order valence-corrected chi connectivity index (χ0v) is 11.0. The third-order valence-corrected chi connectivity index (χ3v) is 5.09. The molecule has 0 spiro atoms. The molecule has 16 heavy (non-hydrogen) atoms. The quantitative estimate of drug-likeness (QED) is 0.803. The van der Waals surface area contributed by atoms with Crippen molar-refractivity contribution < 1.29 is 8.42 Å². The summed E-state index contributed by atoms with van der Waals surface area (Å²) in [5, 5.41) is 4.82. The van der Waals surface area contributed by atoms with Gasteiger partial charge in [-0.3, -0.25) is 0 Å². The predicted octanol–water partition coefficient (Wildman–Crippen LogP) is 1.71. The minimum absolute atomic E-state index is 0.0198. The van der Waals surface area contributed by atoms with Crippen molar-refractivity contribution in [2.24, 2.45) is 11.3 Å². The van der Waals surface area contributed by atoms with E-state index in [0.29, 0.717) is 17.4 Å². The predicted molar refractivity (Wildman–Crippen MR) is 65.8 cm³/mol. The maximum atomic E-state index is 11.3. The molecule has 0 radical (unpaired) electrons. The average molecular weight is 243 g/mol. The smallest absolute Gasteiger partial charge is 0.173 e. The fraction of sp³-hybridized carbons (Fsp3) is 0.833. The number of hydrogen-bond acceptors (Lipinski definition) is 3. The van der Waals surface area contributed by atoms with Crippen LogP contribution < -0.4 is 5.32 Å². The third kappa shape index (κ3) is 2.66. The molecule has 1 fully saturated rings. The molecule has 3 atom stereocenters. The second-order valence-electron chi connectivity index (χ2n) is 6.09. The van der Waals surface area contributed by atoms with Crippen LogP contribution in [0.15, 0.2) is 11.5 Å². The summed E-state index contributed by atoms with van der Waals surface area (Å²) in [5.41, 5.74) is 0.387. The van der Waals surface area contributed by atoms with Crippen molar-refractivity contribution in [3.05, 3.63) is 11.5 Å². The van der Waals surface area contributed by atoms with E-state index < -0.39 is 9.84 Å². The molecule has 4 heteroatoms. The zero-order chi connectivity index (χ0) is 12.0. The van der Waals surface area contributed by atoms with Gasteiger partial charge in [0.1, 0.15) is 0 Å². The summed E-state index contributed by atoms with van der Waals surface area (Å²) in [6.07, 6.45) is 4.14. The van der Waals surface area contributed by atoms with Gasteiger partial charge in [0, 0.05) is 17.5 Å². The molecule has 0 aromatic carbocycles. The third-order valence-electron chi connectivity index (χ3n) is 3.69. The van der Waals surface area contributed by atoms with Gasteiger partial charge in [0.05, 0.1) is 5.75 Å². The van der Waals surface area contributed by atoms with Gasteiger partial charge < -0.3 is 5.32 Å². The number of sulfone groups is 1. The Morgan fingerprint density at radius 2 is 2.00 bits per heavy atom. The van der Waals surface area contributed by atoms with Crippen LogP contribution in [0, 0.1) is 11.3 Å². The Hall–Kier alpha value is -0.350. The summed E-state index contributed by atoms with van der Waals surface area (Å²) < 4.78 is 22.6. The maximum Gasteiger partial charge on any atom is 0.173 e. The molecule has 1 N–H and O–H groups in total. The van der Waals surface area contributed by atoms with Gasteiger partial charge in [-0.15, -0.1) is 0 Å². The minimum atomic E-state index is -2.93. The molecule has 92 valence electrons. The van der Waals surface area contributed by atoms with Crippen LogP contribution in [0.4, 0.5) is 0 Å². The van der Waals surface area contributed by atoms with E-state index in [-0.39, 0.29) is 11.8 Å². The van der Waals surface area contributed by atoms with E-state index in [1.807, 2.05) is 0 Å². The normalized spacial score (nSPS) is 40.3. The lowest BCUT2D eigenvalue weighted by Crippen LogP contribution is -2.40. The van der Waals surface area contributed by atoms with Crippen LogP contribution in [0.3, 0.4) is 0 Å². The van der Waals surface area contributed by atoms with Crippen LogP contribution in [0.1, 0.15) is 33.6 Å². The van der Waals surface area contributed by atoms with Gasteiger partial charge in [-0.05, 0) is 24.2 Å². The second-order valence-corrected chi connectivity index (χ2v) is 8.02. The largest absolute Gasteiger partial charge is 0.306 e. The van der Waals surface area contributed by atoms with Crippen LogP contribution in [-0.2, 0) is 9.84 Å². The first-order valence-corrected chi connectivity index (χ1v) is 7.66. The first-order chi connectivity index (χ1) is 7.27. The van der Waals surface area contributed by atoms with E-state index in [4.69, 9.17) is 0 Å². The average Bonchev–Trinajstić information content (AvgIpc) is 2.53. The van der Waals surface area contributed by atoms with Crippen LogP contribution in [-0.4, -0.2) is 26.3 Å². The SMILES string of the molecule is CC1CC(C)(C)CC1NC1C=CS(=O)(=O)C1. The lowest BCUT2D eigenvalue weighted by Gasteiger charge is -2.21. The molecule has 1 aliphatic heterocycles. The Labute approximate surface area is 98.2 Å². The molecule has 0 saturated heterocycles. The Kier molecular flexibility index (Phi) is 2.91. The maximum absolute atomic E-state index is 11.3. The minimum Gasteiger partial charge on any atom is -0.306 e. The molecular formula is C12H21NO2S. The lowest BCUT2D eigenvalue weighted by molar-refractivity contribution is 0.360. The van der Waals surface area contributed by atoms with Gasteiger partial charge in [-0.2, -0.15) is 0 Å². The second kappa shape index (κ2) is 3.84. The van der Waals surface area contributed by atoms with Crippen molar-refractivity contribution in [3.8, 4) is 0 Å². The van der Waals surface area contributed by atoms with Crippen LogP contribution in [0.2, 0.25) is 0 Å². The summed E-state index contributed by atoms with van der Waals surface area (Å²) in [7, 11) is -2.93. The van der Waals surface area contributed by atoms with Crippen molar-refractivity contribution in [2.75, 3.05) is 5.75 Å². The van der Waals surface area contributed by atoms with Gasteiger partial charge in [-0.1, -0.05) is 26.8 Å². The van der Waals surface area contributed by atoms with Crippen LogP contribution in [0.5, 0.6) is 0 Å². The van der Waals surface area contributed by atoms with E-state index in [1.54, 1.807) is 6.08 Å². The standard InChI is InChI=1S/C12H21NO2S/c1-9-6-12(2,3)7-11(9)13-10-4-5-16(14,15)8-10/h4-5,9-11,13H,6-8H2,1-3H3. The fourth-order valence-electron chi connectivity index (χ4n) is 3.07. The van der Waals surface area contributed by atoms with Crippen molar-refractivity contribution in [3.63, 3.8) is 0 Å². The Morgan fingerprint density at radius 3 is 2.44 bits per heavy atom. The van der Waals surface area contributed by atoms with E-state index in [1.165, 1.54) is 11.8 Å². The molecule has 3 nitrogen and oxygen atoms in total. The first-order valence-electron chi connectivity index (χ1n) is 5.94. The highest BCUT2D eigenvalue weighted by Crippen LogP contribution is 2.41. The number of nitrogens with one attached hydrogen (secondary N) is 1. The number of hydrogen-bond donors (Lipinski definition) is 1. The lowest BCUT2D eigenvalue weighted by atomic mass is 9.91. The summed E-state index contributed by atoms with van der Waals surface area (Å²) in [5.74, 6) is 0.864. The van der Waals surface area contributed by atoms with Crippen LogP contribution >= 0.6 is 0 Å². The van der Waals surface area contributed by atoms with Crippen molar-refractivity contribution in [1.82, 2.24) is 5.32 Å². The molecule has 2 rings (SSSR count). The van der Waals surface area contributed by atoms with Gasteiger partial charge >= 0.3 is 0 Å². The molecule has 1 saturated carbocycles. The molecule has 1 heterocycles. The topological polar surface area (TPSA) is 46.2 Å². The number of rotatable bonds is 2. The highest BCUT2D eigenvalue weighted by atomic mass is 32.2. The highest BCUT2D eigenvalue weighted by molar-refractivity contribution is 7.94.